The highest BCUT2D eigenvalue weighted by atomic mass is 16.5. The predicted octanol–water partition coefficient (Wildman–Crippen LogP) is 0.938. The summed E-state index contributed by atoms with van der Waals surface area (Å²) >= 11 is 0. The molecular weight excluding hydrogens is 142 g/mol. The summed E-state index contributed by atoms with van der Waals surface area (Å²) in [5.74, 6) is 0.0222. The van der Waals surface area contributed by atoms with E-state index in [1.54, 1.807) is 0 Å². The predicted molar refractivity (Wildman–Crippen MR) is 44.4 cm³/mol. The fourth-order valence-corrected chi connectivity index (χ4v) is 0.824. The molecule has 3 heteroatoms. The Balaban J connectivity index is 3.22. The van der Waals surface area contributed by atoms with Crippen molar-refractivity contribution in [2.24, 2.45) is 0 Å². The number of carbonyl (C=O) groups excluding carboxylic acids is 1. The highest BCUT2D eigenvalue weighted by Crippen LogP contribution is 1.90. The quantitative estimate of drug-likeness (QED) is 0.606. The smallest absolute Gasteiger partial charge is 0.217 e. The molecule has 0 rings (SSSR count). The van der Waals surface area contributed by atoms with Gasteiger partial charge in [0.05, 0.1) is 0 Å². The normalized spacial score (nSPS) is 12.6. The number of rotatable bonds is 5. The van der Waals surface area contributed by atoms with Crippen molar-refractivity contribution in [3.63, 3.8) is 0 Å². The molecule has 0 spiro atoms. The van der Waals surface area contributed by atoms with E-state index < -0.39 is 0 Å². The molecule has 11 heavy (non-hydrogen) atoms. The van der Waals surface area contributed by atoms with Crippen LogP contribution < -0.4 is 5.32 Å². The Morgan fingerprint density at radius 1 is 1.64 bits per heavy atom. The lowest BCUT2D eigenvalue weighted by Crippen LogP contribution is -2.31. The Hall–Kier alpha value is -0.570. The molecule has 0 aliphatic rings. The van der Waals surface area contributed by atoms with Gasteiger partial charge in [-0.1, -0.05) is 0 Å². The van der Waals surface area contributed by atoms with Crippen LogP contribution in [0.5, 0.6) is 0 Å². The zero-order valence-corrected chi connectivity index (χ0v) is 7.52. The van der Waals surface area contributed by atoms with Crippen molar-refractivity contribution in [1.82, 2.24) is 5.32 Å². The molecule has 1 amide bonds. The Bertz CT molecular complexity index is 115. The van der Waals surface area contributed by atoms with E-state index in [0.29, 0.717) is 0 Å². The molecule has 0 aliphatic heterocycles. The van der Waals surface area contributed by atoms with Crippen molar-refractivity contribution in [2.45, 2.75) is 33.2 Å². The average molecular weight is 159 g/mol. The highest BCUT2D eigenvalue weighted by Gasteiger charge is 2.01. The maximum Gasteiger partial charge on any atom is 0.217 e. The van der Waals surface area contributed by atoms with Gasteiger partial charge in [0, 0.05) is 26.2 Å². The standard InChI is InChI=1S/C8H17NO2/c1-4-11-6-5-7(2)9-8(3)10/h7H,4-6H2,1-3H3,(H,9,10). The van der Waals surface area contributed by atoms with Gasteiger partial charge < -0.3 is 10.1 Å². The lowest BCUT2D eigenvalue weighted by Gasteiger charge is -2.11. The molecule has 0 aromatic carbocycles. The minimum atomic E-state index is 0.0222. The number of carbonyl (C=O) groups is 1. The van der Waals surface area contributed by atoms with Gasteiger partial charge in [-0.25, -0.2) is 0 Å². The molecule has 0 saturated carbocycles. The second-order valence-electron chi connectivity index (χ2n) is 2.59. The van der Waals surface area contributed by atoms with E-state index in [1.807, 2.05) is 13.8 Å². The maximum atomic E-state index is 10.5. The number of ether oxygens (including phenoxy) is 1. The summed E-state index contributed by atoms with van der Waals surface area (Å²) in [5, 5.41) is 2.78. The number of amides is 1. The second kappa shape index (κ2) is 6.16. The van der Waals surface area contributed by atoms with Gasteiger partial charge in [-0.15, -0.1) is 0 Å². The SMILES string of the molecule is CCOCCC(C)NC(C)=O. The summed E-state index contributed by atoms with van der Waals surface area (Å²) in [6.45, 7) is 6.92. The van der Waals surface area contributed by atoms with Crippen molar-refractivity contribution >= 4 is 5.91 Å². The van der Waals surface area contributed by atoms with Gasteiger partial charge in [0.1, 0.15) is 0 Å². The van der Waals surface area contributed by atoms with Crippen LogP contribution in [0, 0.1) is 0 Å². The third-order valence-electron chi connectivity index (χ3n) is 1.35. The van der Waals surface area contributed by atoms with Gasteiger partial charge in [0.2, 0.25) is 5.91 Å². The van der Waals surface area contributed by atoms with Crippen molar-refractivity contribution in [3.05, 3.63) is 0 Å². The lowest BCUT2D eigenvalue weighted by molar-refractivity contribution is -0.119. The fraction of sp³-hybridized carbons (Fsp3) is 0.875. The zero-order chi connectivity index (χ0) is 8.69. The summed E-state index contributed by atoms with van der Waals surface area (Å²) in [4.78, 5) is 10.5. The molecule has 0 bridgehead atoms. The number of nitrogens with one attached hydrogen (secondary N) is 1. The molecule has 0 aromatic rings. The molecule has 3 nitrogen and oxygen atoms in total. The van der Waals surface area contributed by atoms with Crippen LogP contribution in [0.1, 0.15) is 27.2 Å². The fourth-order valence-electron chi connectivity index (χ4n) is 0.824. The Morgan fingerprint density at radius 2 is 2.27 bits per heavy atom. The third-order valence-corrected chi connectivity index (χ3v) is 1.35. The van der Waals surface area contributed by atoms with E-state index in [0.717, 1.165) is 19.6 Å². The first-order valence-electron chi connectivity index (χ1n) is 4.01. The number of hydrogen-bond donors (Lipinski definition) is 1. The van der Waals surface area contributed by atoms with E-state index in [1.165, 1.54) is 6.92 Å². The van der Waals surface area contributed by atoms with Crippen molar-refractivity contribution in [3.8, 4) is 0 Å². The molecule has 0 aromatic heterocycles. The summed E-state index contributed by atoms with van der Waals surface area (Å²) < 4.78 is 5.13. The first kappa shape index (κ1) is 10.4. The molecule has 0 saturated heterocycles. The summed E-state index contributed by atoms with van der Waals surface area (Å²) in [5.41, 5.74) is 0. The van der Waals surface area contributed by atoms with Crippen LogP contribution in [-0.2, 0) is 9.53 Å². The second-order valence-corrected chi connectivity index (χ2v) is 2.59. The first-order chi connectivity index (χ1) is 5.16. The molecule has 1 N–H and O–H groups in total. The molecule has 1 unspecified atom stereocenters. The van der Waals surface area contributed by atoms with Crippen LogP contribution >= 0.6 is 0 Å². The van der Waals surface area contributed by atoms with E-state index in [4.69, 9.17) is 4.74 Å². The van der Waals surface area contributed by atoms with Gasteiger partial charge in [-0.3, -0.25) is 4.79 Å². The molecule has 1 atom stereocenters. The largest absolute Gasteiger partial charge is 0.382 e. The Kier molecular flexibility index (Phi) is 5.84. The monoisotopic (exact) mass is 159 g/mol. The van der Waals surface area contributed by atoms with Crippen LogP contribution in [0.3, 0.4) is 0 Å². The molecule has 66 valence electrons. The van der Waals surface area contributed by atoms with Crippen LogP contribution in [0.4, 0.5) is 0 Å². The molecule has 0 fully saturated rings. The molecule has 0 aliphatic carbocycles. The van der Waals surface area contributed by atoms with Gasteiger partial charge in [-0.05, 0) is 20.3 Å². The summed E-state index contributed by atoms with van der Waals surface area (Å²) in [7, 11) is 0. The van der Waals surface area contributed by atoms with E-state index >= 15 is 0 Å². The third kappa shape index (κ3) is 7.33. The summed E-state index contributed by atoms with van der Waals surface area (Å²) in [6.07, 6.45) is 0.882. The Morgan fingerprint density at radius 3 is 2.73 bits per heavy atom. The van der Waals surface area contributed by atoms with E-state index in [9.17, 15) is 4.79 Å². The lowest BCUT2D eigenvalue weighted by atomic mass is 10.2. The van der Waals surface area contributed by atoms with Crippen molar-refractivity contribution in [1.29, 1.82) is 0 Å². The molecular formula is C8H17NO2. The zero-order valence-electron chi connectivity index (χ0n) is 7.52. The van der Waals surface area contributed by atoms with Crippen LogP contribution in [0.15, 0.2) is 0 Å². The van der Waals surface area contributed by atoms with Gasteiger partial charge >= 0.3 is 0 Å². The maximum absolute atomic E-state index is 10.5. The van der Waals surface area contributed by atoms with Gasteiger partial charge in [0.25, 0.3) is 0 Å². The Labute approximate surface area is 68.1 Å². The molecule has 0 radical (unpaired) electrons. The number of hydrogen-bond acceptors (Lipinski definition) is 2. The van der Waals surface area contributed by atoms with Crippen LogP contribution in [0.25, 0.3) is 0 Å². The van der Waals surface area contributed by atoms with Gasteiger partial charge in [0.15, 0.2) is 0 Å². The summed E-state index contributed by atoms with van der Waals surface area (Å²) in [6, 6.07) is 0.221. The minimum absolute atomic E-state index is 0.0222. The average Bonchev–Trinajstić information content (AvgIpc) is 1.86. The minimum Gasteiger partial charge on any atom is -0.382 e. The van der Waals surface area contributed by atoms with E-state index in [-0.39, 0.29) is 11.9 Å². The molecule has 0 heterocycles. The van der Waals surface area contributed by atoms with Crippen molar-refractivity contribution < 1.29 is 9.53 Å². The topological polar surface area (TPSA) is 38.3 Å². The van der Waals surface area contributed by atoms with Crippen LogP contribution in [0.2, 0.25) is 0 Å². The first-order valence-corrected chi connectivity index (χ1v) is 4.01. The highest BCUT2D eigenvalue weighted by molar-refractivity contribution is 5.73. The van der Waals surface area contributed by atoms with Crippen LogP contribution in [-0.4, -0.2) is 25.2 Å². The van der Waals surface area contributed by atoms with E-state index in [2.05, 4.69) is 5.32 Å². The van der Waals surface area contributed by atoms with Crippen molar-refractivity contribution in [2.75, 3.05) is 13.2 Å². The van der Waals surface area contributed by atoms with Gasteiger partial charge in [-0.2, -0.15) is 0 Å².